The normalized spacial score (nSPS) is 16.9. The fourth-order valence-electron chi connectivity index (χ4n) is 5.49. The minimum absolute atomic E-state index is 0.0914. The number of carbonyl (C=O) groups excluding carboxylic acids is 1. The minimum Gasteiger partial charge on any atom is -0.497 e. The third-order valence-corrected chi connectivity index (χ3v) is 8.03. The fraction of sp³-hybridized carbons (Fsp3) is 0.467. The SMILES string of the molecule is CCc1nc(C(N)=O)c(Nc2ccc(N3CCC(N4CCN(C)CC4)CC3)cn2)nc1NCc1ccc(OC)cc1. The van der Waals surface area contributed by atoms with Crippen LogP contribution in [0.4, 0.5) is 23.1 Å². The highest BCUT2D eigenvalue weighted by molar-refractivity contribution is 5.96. The van der Waals surface area contributed by atoms with Gasteiger partial charge >= 0.3 is 0 Å². The van der Waals surface area contributed by atoms with Crippen molar-refractivity contribution in [3.05, 3.63) is 59.5 Å². The predicted molar refractivity (Wildman–Crippen MR) is 162 cm³/mol. The van der Waals surface area contributed by atoms with Crippen LogP contribution in [0.5, 0.6) is 5.75 Å². The second-order valence-electron chi connectivity index (χ2n) is 10.7. The Bertz CT molecular complexity index is 1300. The van der Waals surface area contributed by atoms with Gasteiger partial charge in [0.2, 0.25) is 0 Å². The summed E-state index contributed by atoms with van der Waals surface area (Å²) in [5.74, 6) is 1.60. The maximum absolute atomic E-state index is 12.3. The molecule has 2 aliphatic rings. The van der Waals surface area contributed by atoms with E-state index in [1.807, 2.05) is 43.5 Å². The van der Waals surface area contributed by atoms with Crippen LogP contribution in [0, 0.1) is 0 Å². The van der Waals surface area contributed by atoms with Gasteiger partial charge in [-0.2, -0.15) is 0 Å². The first-order valence-electron chi connectivity index (χ1n) is 14.4. The number of pyridine rings is 1. The Hall–Kier alpha value is -3.96. The topological polar surface area (TPSA) is 125 Å². The third kappa shape index (κ3) is 7.04. The van der Waals surface area contributed by atoms with Crippen molar-refractivity contribution >= 4 is 29.0 Å². The van der Waals surface area contributed by atoms with E-state index in [1.54, 1.807) is 7.11 Å². The van der Waals surface area contributed by atoms with E-state index in [4.69, 9.17) is 15.5 Å². The summed E-state index contributed by atoms with van der Waals surface area (Å²) in [6.45, 7) is 9.18. The number of aryl methyl sites for hydroxylation is 1. The molecular formula is C30H41N9O2. The molecule has 0 saturated carbocycles. The second-order valence-corrected chi connectivity index (χ2v) is 10.7. The quantitative estimate of drug-likeness (QED) is 0.341. The van der Waals surface area contributed by atoms with Gasteiger partial charge in [0.1, 0.15) is 11.6 Å². The zero-order valence-corrected chi connectivity index (χ0v) is 24.3. The van der Waals surface area contributed by atoms with Gasteiger partial charge in [0.15, 0.2) is 17.3 Å². The Balaban J connectivity index is 1.24. The van der Waals surface area contributed by atoms with Crippen molar-refractivity contribution in [2.75, 3.05) is 69.0 Å². The maximum Gasteiger partial charge on any atom is 0.271 e. The van der Waals surface area contributed by atoms with Gasteiger partial charge in [-0.3, -0.25) is 9.69 Å². The molecule has 1 amide bonds. The van der Waals surface area contributed by atoms with Gasteiger partial charge in [0.05, 0.1) is 24.7 Å². The van der Waals surface area contributed by atoms with Crippen LogP contribution in [-0.4, -0.2) is 90.1 Å². The average molecular weight is 560 g/mol. The number of benzene rings is 1. The van der Waals surface area contributed by atoms with Crippen LogP contribution >= 0.6 is 0 Å². The predicted octanol–water partition coefficient (Wildman–Crippen LogP) is 3.11. The van der Waals surface area contributed by atoms with Crippen molar-refractivity contribution in [1.29, 1.82) is 0 Å². The van der Waals surface area contributed by atoms with Crippen LogP contribution in [-0.2, 0) is 13.0 Å². The molecule has 0 aliphatic carbocycles. The lowest BCUT2D eigenvalue weighted by Gasteiger charge is -2.42. The summed E-state index contributed by atoms with van der Waals surface area (Å²) in [4.78, 5) is 33.6. The fourth-order valence-corrected chi connectivity index (χ4v) is 5.49. The first kappa shape index (κ1) is 28.6. The molecule has 11 nitrogen and oxygen atoms in total. The third-order valence-electron chi connectivity index (χ3n) is 8.03. The standard InChI is InChI=1S/C30H41N9O2/c1-4-25-29(33-19-21-5-8-24(41-3)9-6-21)36-30(27(34-25)28(31)40)35-26-10-7-23(20-32-26)38-13-11-22(12-14-38)39-17-15-37(2)16-18-39/h5-10,20,22H,4,11-19H2,1-3H3,(H2,31,40)(H2,32,33,35,36). The van der Waals surface area contributed by atoms with Crippen LogP contribution in [0.25, 0.3) is 0 Å². The van der Waals surface area contributed by atoms with Crippen LogP contribution < -0.4 is 26.0 Å². The monoisotopic (exact) mass is 559 g/mol. The molecule has 4 heterocycles. The Kier molecular flexibility index (Phi) is 9.15. The van der Waals surface area contributed by atoms with E-state index in [1.165, 1.54) is 0 Å². The molecule has 2 fully saturated rings. The number of nitrogens with zero attached hydrogens (tertiary/aromatic N) is 6. The summed E-state index contributed by atoms with van der Waals surface area (Å²) in [7, 11) is 3.85. The van der Waals surface area contributed by atoms with Crippen molar-refractivity contribution in [2.45, 2.75) is 38.8 Å². The van der Waals surface area contributed by atoms with Gasteiger partial charge in [-0.25, -0.2) is 15.0 Å². The van der Waals surface area contributed by atoms with Crippen molar-refractivity contribution in [1.82, 2.24) is 24.8 Å². The molecule has 3 aromatic rings. The minimum atomic E-state index is -0.642. The Morgan fingerprint density at radius 2 is 1.73 bits per heavy atom. The maximum atomic E-state index is 12.3. The number of piperazine rings is 1. The van der Waals surface area contributed by atoms with E-state index in [0.29, 0.717) is 36.3 Å². The molecule has 218 valence electrons. The second kappa shape index (κ2) is 13.1. The molecule has 1 aromatic carbocycles. The number of amides is 1. The molecule has 2 aromatic heterocycles. The number of primary amides is 1. The lowest BCUT2D eigenvalue weighted by Crippen LogP contribution is -2.52. The number of rotatable bonds is 10. The number of carbonyl (C=O) groups is 1. The average Bonchev–Trinajstić information content (AvgIpc) is 3.01. The number of piperidine rings is 1. The number of nitrogens with two attached hydrogens (primary N) is 1. The molecule has 41 heavy (non-hydrogen) atoms. The van der Waals surface area contributed by atoms with Gasteiger partial charge in [0.25, 0.3) is 5.91 Å². The lowest BCUT2D eigenvalue weighted by molar-refractivity contribution is 0.0982. The van der Waals surface area contributed by atoms with Crippen LogP contribution in [0.2, 0.25) is 0 Å². The van der Waals surface area contributed by atoms with Gasteiger partial charge in [-0.15, -0.1) is 0 Å². The van der Waals surface area contributed by atoms with E-state index in [0.717, 1.165) is 69.1 Å². The highest BCUT2D eigenvalue weighted by atomic mass is 16.5. The van der Waals surface area contributed by atoms with Crippen molar-refractivity contribution in [2.24, 2.45) is 5.73 Å². The Morgan fingerprint density at radius 1 is 1.00 bits per heavy atom. The van der Waals surface area contributed by atoms with Crippen LogP contribution in [0.3, 0.4) is 0 Å². The number of anilines is 4. The number of aromatic nitrogens is 3. The number of likely N-dealkylation sites (N-methyl/N-ethyl adjacent to an activating group) is 1. The van der Waals surface area contributed by atoms with Gasteiger partial charge in [-0.05, 0) is 56.1 Å². The highest BCUT2D eigenvalue weighted by Crippen LogP contribution is 2.26. The zero-order chi connectivity index (χ0) is 28.8. The summed E-state index contributed by atoms with van der Waals surface area (Å²) < 4.78 is 5.24. The van der Waals surface area contributed by atoms with Crippen molar-refractivity contribution in [3.8, 4) is 5.75 Å². The first-order chi connectivity index (χ1) is 19.9. The summed E-state index contributed by atoms with van der Waals surface area (Å²) in [5.41, 5.74) is 8.60. The number of hydrogen-bond acceptors (Lipinski definition) is 10. The molecule has 0 bridgehead atoms. The number of hydrogen-bond donors (Lipinski definition) is 3. The van der Waals surface area contributed by atoms with E-state index in [2.05, 4.69) is 48.4 Å². The molecule has 0 spiro atoms. The van der Waals surface area contributed by atoms with Gasteiger partial charge < -0.3 is 30.9 Å². The van der Waals surface area contributed by atoms with E-state index in [-0.39, 0.29) is 11.5 Å². The van der Waals surface area contributed by atoms with E-state index in [9.17, 15) is 4.79 Å². The summed E-state index contributed by atoms with van der Waals surface area (Å²) >= 11 is 0. The first-order valence-corrected chi connectivity index (χ1v) is 14.4. The number of ether oxygens (including phenoxy) is 1. The Morgan fingerprint density at radius 3 is 2.34 bits per heavy atom. The highest BCUT2D eigenvalue weighted by Gasteiger charge is 2.27. The molecule has 2 saturated heterocycles. The molecule has 2 aliphatic heterocycles. The Labute approximate surface area is 242 Å². The molecule has 0 radical (unpaired) electrons. The molecule has 11 heteroatoms. The zero-order valence-electron chi connectivity index (χ0n) is 24.3. The van der Waals surface area contributed by atoms with Gasteiger partial charge in [-0.1, -0.05) is 19.1 Å². The molecule has 0 atom stereocenters. The smallest absolute Gasteiger partial charge is 0.271 e. The number of nitrogens with one attached hydrogen (secondary N) is 2. The van der Waals surface area contributed by atoms with Crippen LogP contribution in [0.1, 0.15) is 41.5 Å². The molecule has 4 N–H and O–H groups in total. The van der Waals surface area contributed by atoms with Crippen molar-refractivity contribution < 1.29 is 9.53 Å². The largest absolute Gasteiger partial charge is 0.497 e. The lowest BCUT2D eigenvalue weighted by atomic mass is 10.0. The molecule has 0 unspecified atom stereocenters. The summed E-state index contributed by atoms with van der Waals surface area (Å²) in [6, 6.07) is 12.4. The van der Waals surface area contributed by atoms with Gasteiger partial charge in [0, 0.05) is 51.9 Å². The van der Waals surface area contributed by atoms with Crippen LogP contribution in [0.15, 0.2) is 42.6 Å². The summed E-state index contributed by atoms with van der Waals surface area (Å²) in [6.07, 6.45) is 4.80. The van der Waals surface area contributed by atoms with E-state index < -0.39 is 5.91 Å². The van der Waals surface area contributed by atoms with E-state index >= 15 is 0 Å². The molecule has 5 rings (SSSR count). The van der Waals surface area contributed by atoms with Crippen molar-refractivity contribution in [3.63, 3.8) is 0 Å². The molecular weight excluding hydrogens is 518 g/mol. The number of methoxy groups -OCH3 is 1. The summed E-state index contributed by atoms with van der Waals surface area (Å²) in [5, 5.41) is 6.52.